The molecule has 1 aliphatic rings. The number of carbonyl (C=O) groups excluding carboxylic acids is 1. The molecule has 0 saturated carbocycles. The highest BCUT2D eigenvalue weighted by Crippen LogP contribution is 2.34. The van der Waals surface area contributed by atoms with E-state index in [1.165, 1.54) is 0 Å². The van der Waals surface area contributed by atoms with Gasteiger partial charge in [0.2, 0.25) is 5.91 Å². The van der Waals surface area contributed by atoms with Crippen molar-refractivity contribution in [2.45, 2.75) is 45.9 Å². The van der Waals surface area contributed by atoms with Gasteiger partial charge in [0, 0.05) is 37.5 Å². The standard InChI is InChI=1S/C16H23N5O2/c1-3-20-11-12(10-18-20)15-13(6-5-9-23-15)16(22)19-14-7-8-17-21(14)4-2/h7-8,10-11,13,15H,3-6,9H2,1-2H3,(H,19,22)/t13-,15+/m1/s1. The molecule has 0 aromatic carbocycles. The summed E-state index contributed by atoms with van der Waals surface area (Å²) in [4.78, 5) is 12.7. The lowest BCUT2D eigenvalue weighted by molar-refractivity contribution is -0.129. The third-order valence-electron chi connectivity index (χ3n) is 4.23. The molecule has 0 radical (unpaired) electrons. The maximum absolute atomic E-state index is 12.7. The minimum atomic E-state index is -0.234. The smallest absolute Gasteiger partial charge is 0.231 e. The molecule has 124 valence electrons. The molecule has 3 rings (SSSR count). The van der Waals surface area contributed by atoms with E-state index in [0.29, 0.717) is 6.61 Å². The summed E-state index contributed by atoms with van der Waals surface area (Å²) in [7, 11) is 0. The number of hydrogen-bond donors (Lipinski definition) is 1. The number of anilines is 1. The third-order valence-corrected chi connectivity index (χ3v) is 4.23. The molecule has 2 aromatic rings. The van der Waals surface area contributed by atoms with E-state index < -0.39 is 0 Å². The quantitative estimate of drug-likeness (QED) is 0.917. The zero-order valence-electron chi connectivity index (χ0n) is 13.6. The van der Waals surface area contributed by atoms with Crippen molar-refractivity contribution >= 4 is 11.7 Å². The van der Waals surface area contributed by atoms with Gasteiger partial charge in [0.25, 0.3) is 0 Å². The number of ether oxygens (including phenoxy) is 1. The number of nitrogens with zero attached hydrogens (tertiary/aromatic N) is 4. The Bertz CT molecular complexity index is 663. The average molecular weight is 317 g/mol. The van der Waals surface area contributed by atoms with E-state index in [1.807, 2.05) is 30.8 Å². The van der Waals surface area contributed by atoms with Crippen molar-refractivity contribution in [1.82, 2.24) is 19.6 Å². The molecule has 1 aliphatic heterocycles. The van der Waals surface area contributed by atoms with Crippen LogP contribution in [0.5, 0.6) is 0 Å². The number of rotatable bonds is 5. The van der Waals surface area contributed by atoms with Crippen molar-refractivity contribution in [3.05, 3.63) is 30.2 Å². The van der Waals surface area contributed by atoms with E-state index >= 15 is 0 Å². The first-order valence-corrected chi connectivity index (χ1v) is 8.19. The first-order chi connectivity index (χ1) is 11.2. The van der Waals surface area contributed by atoms with Crippen LogP contribution in [0.2, 0.25) is 0 Å². The van der Waals surface area contributed by atoms with Crippen LogP contribution in [0, 0.1) is 5.92 Å². The highest BCUT2D eigenvalue weighted by molar-refractivity contribution is 5.92. The molecule has 1 amide bonds. The predicted octanol–water partition coefficient (Wildman–Crippen LogP) is 2.23. The van der Waals surface area contributed by atoms with Crippen LogP contribution in [0.3, 0.4) is 0 Å². The molecule has 1 saturated heterocycles. The lowest BCUT2D eigenvalue weighted by Crippen LogP contribution is -2.33. The number of hydrogen-bond acceptors (Lipinski definition) is 4. The zero-order valence-corrected chi connectivity index (χ0v) is 13.6. The Morgan fingerprint density at radius 3 is 3.00 bits per heavy atom. The number of aromatic nitrogens is 4. The summed E-state index contributed by atoms with van der Waals surface area (Å²) in [5.74, 6) is 0.499. The highest BCUT2D eigenvalue weighted by atomic mass is 16.5. The average Bonchev–Trinajstić information content (AvgIpc) is 3.23. The maximum atomic E-state index is 12.7. The van der Waals surface area contributed by atoms with Gasteiger partial charge >= 0.3 is 0 Å². The summed E-state index contributed by atoms with van der Waals surface area (Å²) in [5, 5.41) is 11.5. The minimum Gasteiger partial charge on any atom is -0.373 e. The lowest BCUT2D eigenvalue weighted by atomic mass is 9.90. The molecular formula is C16H23N5O2. The maximum Gasteiger partial charge on any atom is 0.231 e. The van der Waals surface area contributed by atoms with Gasteiger partial charge in [-0.15, -0.1) is 0 Å². The number of nitrogens with one attached hydrogen (secondary N) is 1. The molecule has 1 N–H and O–H groups in total. The molecule has 7 nitrogen and oxygen atoms in total. The Hall–Kier alpha value is -2.15. The van der Waals surface area contributed by atoms with E-state index in [9.17, 15) is 4.79 Å². The molecule has 2 atom stereocenters. The van der Waals surface area contributed by atoms with Crippen molar-refractivity contribution in [3.63, 3.8) is 0 Å². The first kappa shape index (κ1) is 15.7. The van der Waals surface area contributed by atoms with Crippen molar-refractivity contribution in [3.8, 4) is 0 Å². The van der Waals surface area contributed by atoms with E-state index in [2.05, 4.69) is 15.5 Å². The second kappa shape index (κ2) is 6.95. The number of amides is 1. The highest BCUT2D eigenvalue weighted by Gasteiger charge is 2.34. The molecule has 0 bridgehead atoms. The first-order valence-electron chi connectivity index (χ1n) is 8.19. The second-order valence-electron chi connectivity index (χ2n) is 5.69. The fourth-order valence-corrected chi connectivity index (χ4v) is 2.99. The Labute approximate surface area is 135 Å². The van der Waals surface area contributed by atoms with Gasteiger partial charge in [0.15, 0.2) is 0 Å². The molecule has 0 unspecified atom stereocenters. The van der Waals surface area contributed by atoms with Gasteiger partial charge < -0.3 is 10.1 Å². The summed E-state index contributed by atoms with van der Waals surface area (Å²) < 4.78 is 9.52. The zero-order chi connectivity index (χ0) is 16.2. The molecule has 0 aliphatic carbocycles. The second-order valence-corrected chi connectivity index (χ2v) is 5.69. The lowest BCUT2D eigenvalue weighted by Gasteiger charge is -2.30. The van der Waals surface area contributed by atoms with E-state index in [1.54, 1.807) is 17.1 Å². The van der Waals surface area contributed by atoms with Crippen LogP contribution in [-0.2, 0) is 22.6 Å². The van der Waals surface area contributed by atoms with Gasteiger partial charge in [-0.2, -0.15) is 10.2 Å². The number of carbonyl (C=O) groups is 1. The van der Waals surface area contributed by atoms with Gasteiger partial charge in [-0.1, -0.05) is 0 Å². The molecule has 23 heavy (non-hydrogen) atoms. The largest absolute Gasteiger partial charge is 0.373 e. The number of aryl methyl sites for hydroxylation is 2. The van der Waals surface area contributed by atoms with Crippen LogP contribution in [0.4, 0.5) is 5.82 Å². The van der Waals surface area contributed by atoms with Gasteiger partial charge in [-0.05, 0) is 26.7 Å². The van der Waals surface area contributed by atoms with E-state index in [0.717, 1.165) is 37.3 Å². The summed E-state index contributed by atoms with van der Waals surface area (Å²) >= 11 is 0. The van der Waals surface area contributed by atoms with Crippen LogP contribution in [-0.4, -0.2) is 32.1 Å². The van der Waals surface area contributed by atoms with Crippen molar-refractivity contribution in [1.29, 1.82) is 0 Å². The Morgan fingerprint density at radius 2 is 2.26 bits per heavy atom. The van der Waals surface area contributed by atoms with Crippen LogP contribution in [0.25, 0.3) is 0 Å². The topological polar surface area (TPSA) is 74.0 Å². The predicted molar refractivity (Wildman–Crippen MR) is 85.8 cm³/mol. The molecular weight excluding hydrogens is 294 g/mol. The fourth-order valence-electron chi connectivity index (χ4n) is 2.99. The normalized spacial score (nSPS) is 21.3. The summed E-state index contributed by atoms with van der Waals surface area (Å²) in [6.45, 7) is 6.23. The fraction of sp³-hybridized carbons (Fsp3) is 0.562. The van der Waals surface area contributed by atoms with Crippen LogP contribution in [0.1, 0.15) is 38.4 Å². The van der Waals surface area contributed by atoms with Gasteiger partial charge in [-0.25, -0.2) is 4.68 Å². The third kappa shape index (κ3) is 3.29. The van der Waals surface area contributed by atoms with E-state index in [-0.39, 0.29) is 17.9 Å². The van der Waals surface area contributed by atoms with Crippen LogP contribution >= 0.6 is 0 Å². The van der Waals surface area contributed by atoms with Gasteiger partial charge in [-0.3, -0.25) is 9.48 Å². The Balaban J connectivity index is 1.76. The molecule has 0 spiro atoms. The SMILES string of the molecule is CCn1cc([C@@H]2OCCC[C@H]2C(=O)Nc2ccnn2CC)cn1. The Morgan fingerprint density at radius 1 is 1.39 bits per heavy atom. The van der Waals surface area contributed by atoms with Crippen LogP contribution in [0.15, 0.2) is 24.7 Å². The van der Waals surface area contributed by atoms with Crippen molar-refractivity contribution in [2.75, 3.05) is 11.9 Å². The Kier molecular flexibility index (Phi) is 4.76. The van der Waals surface area contributed by atoms with Gasteiger partial charge in [0.1, 0.15) is 5.82 Å². The minimum absolute atomic E-state index is 0.0193. The summed E-state index contributed by atoms with van der Waals surface area (Å²) in [6, 6.07) is 1.81. The van der Waals surface area contributed by atoms with Crippen molar-refractivity contribution < 1.29 is 9.53 Å². The molecule has 1 fully saturated rings. The molecule has 2 aromatic heterocycles. The van der Waals surface area contributed by atoms with Crippen LogP contribution < -0.4 is 5.32 Å². The van der Waals surface area contributed by atoms with E-state index in [4.69, 9.17) is 4.74 Å². The van der Waals surface area contributed by atoms with Gasteiger partial charge in [0.05, 0.1) is 24.4 Å². The van der Waals surface area contributed by atoms with Crippen molar-refractivity contribution in [2.24, 2.45) is 5.92 Å². The molecule has 7 heteroatoms. The monoisotopic (exact) mass is 317 g/mol. The summed E-state index contributed by atoms with van der Waals surface area (Å²) in [5.41, 5.74) is 0.968. The molecule has 3 heterocycles. The summed E-state index contributed by atoms with van der Waals surface area (Å²) in [6.07, 6.45) is 6.93.